The summed E-state index contributed by atoms with van der Waals surface area (Å²) in [5, 5.41) is 16.9. The first kappa shape index (κ1) is 14.2. The molecule has 3 rings (SSSR count). The summed E-state index contributed by atoms with van der Waals surface area (Å²) in [4.78, 5) is 14.3. The summed E-state index contributed by atoms with van der Waals surface area (Å²) in [6.07, 6.45) is 0. The standard InChI is InChI=1S/C12H8ClN3O3S2/c13-9-4-3-8(21-9)6-1-2-7(19-6)11-14-12(16-15-11)20-5-10(17)18/h1-4H,5H2,(H,17,18)(H,14,15,16). The van der Waals surface area contributed by atoms with Gasteiger partial charge >= 0.3 is 5.97 Å². The highest BCUT2D eigenvalue weighted by molar-refractivity contribution is 7.99. The zero-order valence-electron chi connectivity index (χ0n) is 10.4. The molecule has 0 saturated heterocycles. The monoisotopic (exact) mass is 341 g/mol. The number of carbonyl (C=O) groups is 1. The first-order valence-electron chi connectivity index (χ1n) is 5.75. The van der Waals surface area contributed by atoms with Crippen LogP contribution in [-0.2, 0) is 4.79 Å². The molecule has 0 aliphatic rings. The van der Waals surface area contributed by atoms with Crippen LogP contribution in [0.1, 0.15) is 0 Å². The molecule has 0 amide bonds. The van der Waals surface area contributed by atoms with Gasteiger partial charge < -0.3 is 14.5 Å². The molecule has 2 N–H and O–H groups in total. The molecule has 21 heavy (non-hydrogen) atoms. The first-order valence-corrected chi connectivity index (χ1v) is 7.93. The van der Waals surface area contributed by atoms with Gasteiger partial charge in [0.2, 0.25) is 0 Å². The molecule has 0 radical (unpaired) electrons. The number of thioether (sulfide) groups is 1. The SMILES string of the molecule is O=C(O)CSc1nnc(-c2ccc(-c3ccc(Cl)s3)o2)[nH]1. The minimum absolute atomic E-state index is 0.0776. The fourth-order valence-electron chi connectivity index (χ4n) is 1.60. The average molecular weight is 342 g/mol. The van der Waals surface area contributed by atoms with Gasteiger partial charge in [0.05, 0.1) is 15.0 Å². The number of carboxylic acids is 1. The van der Waals surface area contributed by atoms with Crippen molar-refractivity contribution in [2.45, 2.75) is 5.16 Å². The molecule has 0 aliphatic carbocycles. The lowest BCUT2D eigenvalue weighted by molar-refractivity contribution is -0.133. The van der Waals surface area contributed by atoms with Crippen LogP contribution < -0.4 is 0 Å². The normalized spacial score (nSPS) is 10.9. The summed E-state index contributed by atoms with van der Waals surface area (Å²) < 4.78 is 6.39. The molecule has 0 aliphatic heterocycles. The van der Waals surface area contributed by atoms with E-state index in [1.807, 2.05) is 12.1 Å². The Kier molecular flexibility index (Phi) is 4.00. The number of hydrogen-bond donors (Lipinski definition) is 2. The molecule has 9 heteroatoms. The van der Waals surface area contributed by atoms with Gasteiger partial charge in [0.25, 0.3) is 0 Å². The number of nitrogens with one attached hydrogen (secondary N) is 1. The lowest BCUT2D eigenvalue weighted by Gasteiger charge is -1.92. The predicted molar refractivity (Wildman–Crippen MR) is 80.8 cm³/mol. The number of thiophene rings is 1. The Morgan fingerprint density at radius 2 is 2.14 bits per heavy atom. The molecule has 0 atom stereocenters. The highest BCUT2D eigenvalue weighted by Gasteiger charge is 2.13. The fraction of sp³-hybridized carbons (Fsp3) is 0.0833. The minimum atomic E-state index is -0.909. The molecule has 3 heterocycles. The van der Waals surface area contributed by atoms with E-state index < -0.39 is 5.97 Å². The summed E-state index contributed by atoms with van der Waals surface area (Å²) in [5.74, 6) is 0.693. The van der Waals surface area contributed by atoms with Crippen molar-refractivity contribution in [3.63, 3.8) is 0 Å². The molecule has 0 saturated carbocycles. The van der Waals surface area contributed by atoms with Crippen molar-refractivity contribution in [3.8, 4) is 22.2 Å². The first-order chi connectivity index (χ1) is 10.1. The van der Waals surface area contributed by atoms with E-state index in [9.17, 15) is 4.79 Å². The molecule has 0 unspecified atom stereocenters. The van der Waals surface area contributed by atoms with Crippen molar-refractivity contribution in [3.05, 3.63) is 28.6 Å². The topological polar surface area (TPSA) is 92.0 Å². The van der Waals surface area contributed by atoms with Crippen molar-refractivity contribution in [1.29, 1.82) is 0 Å². The Bertz CT molecular complexity index is 780. The van der Waals surface area contributed by atoms with Crippen LogP contribution in [0.15, 0.2) is 33.8 Å². The number of H-pyrrole nitrogens is 1. The van der Waals surface area contributed by atoms with Crippen molar-refractivity contribution in [2.75, 3.05) is 5.75 Å². The maximum atomic E-state index is 10.5. The third-order valence-corrected chi connectivity index (χ3v) is 4.55. The Morgan fingerprint density at radius 3 is 2.86 bits per heavy atom. The fourth-order valence-corrected chi connectivity index (χ4v) is 3.13. The smallest absolute Gasteiger partial charge is 0.313 e. The lowest BCUT2D eigenvalue weighted by atomic mass is 10.3. The van der Waals surface area contributed by atoms with E-state index in [-0.39, 0.29) is 5.75 Å². The Morgan fingerprint density at radius 1 is 1.33 bits per heavy atom. The van der Waals surface area contributed by atoms with E-state index in [1.165, 1.54) is 11.3 Å². The van der Waals surface area contributed by atoms with Crippen LogP contribution in [-0.4, -0.2) is 32.0 Å². The van der Waals surface area contributed by atoms with Gasteiger partial charge in [-0.15, -0.1) is 21.5 Å². The number of halogens is 1. The van der Waals surface area contributed by atoms with Crippen LogP contribution >= 0.6 is 34.7 Å². The van der Waals surface area contributed by atoms with E-state index in [2.05, 4.69) is 15.2 Å². The third-order valence-electron chi connectivity index (χ3n) is 2.45. The van der Waals surface area contributed by atoms with Crippen molar-refractivity contribution in [2.24, 2.45) is 0 Å². The summed E-state index contributed by atoms with van der Waals surface area (Å²) in [5.41, 5.74) is 0. The largest absolute Gasteiger partial charge is 0.481 e. The molecule has 6 nitrogen and oxygen atoms in total. The number of aromatic nitrogens is 3. The van der Waals surface area contributed by atoms with Gasteiger partial charge in [0.1, 0.15) is 5.76 Å². The van der Waals surface area contributed by atoms with E-state index in [0.717, 1.165) is 16.6 Å². The molecule has 0 fully saturated rings. The van der Waals surface area contributed by atoms with E-state index in [4.69, 9.17) is 21.1 Å². The van der Waals surface area contributed by atoms with Crippen LogP contribution in [0.5, 0.6) is 0 Å². The molecule has 108 valence electrons. The van der Waals surface area contributed by atoms with Crippen molar-refractivity contribution < 1.29 is 14.3 Å². The maximum absolute atomic E-state index is 10.5. The van der Waals surface area contributed by atoms with Crippen LogP contribution in [0.3, 0.4) is 0 Å². The summed E-state index contributed by atoms with van der Waals surface area (Å²) in [7, 11) is 0. The second-order valence-corrected chi connectivity index (χ2v) is 6.61. The van der Waals surface area contributed by atoms with Crippen molar-refractivity contribution in [1.82, 2.24) is 15.2 Å². The lowest BCUT2D eigenvalue weighted by Crippen LogP contribution is -1.97. The molecule has 0 spiro atoms. The second-order valence-electron chi connectivity index (χ2n) is 3.93. The van der Waals surface area contributed by atoms with E-state index in [0.29, 0.717) is 26.8 Å². The Hall–Kier alpha value is -1.77. The minimum Gasteiger partial charge on any atom is -0.481 e. The number of carboxylic acid groups (broad SMARTS) is 1. The van der Waals surface area contributed by atoms with Crippen molar-refractivity contribution >= 4 is 40.7 Å². The zero-order chi connectivity index (χ0) is 14.8. The van der Waals surface area contributed by atoms with E-state index >= 15 is 0 Å². The molecule has 3 aromatic rings. The highest BCUT2D eigenvalue weighted by atomic mass is 35.5. The average Bonchev–Trinajstić information content (AvgIpc) is 3.15. The van der Waals surface area contributed by atoms with Crippen LogP contribution in [0.4, 0.5) is 0 Å². The zero-order valence-corrected chi connectivity index (χ0v) is 12.8. The molecule has 0 aromatic carbocycles. The molecular formula is C12H8ClN3O3S2. The van der Waals surface area contributed by atoms with Gasteiger partial charge in [-0.3, -0.25) is 4.79 Å². The molecular weight excluding hydrogens is 334 g/mol. The summed E-state index contributed by atoms with van der Waals surface area (Å²) in [6.45, 7) is 0. The Balaban J connectivity index is 1.78. The number of aliphatic carboxylic acids is 1. The Labute approximate surface area is 132 Å². The molecule has 3 aromatic heterocycles. The van der Waals surface area contributed by atoms with Gasteiger partial charge in [0, 0.05) is 0 Å². The van der Waals surface area contributed by atoms with E-state index in [1.54, 1.807) is 12.1 Å². The number of rotatable bonds is 5. The van der Waals surface area contributed by atoms with Gasteiger partial charge in [-0.05, 0) is 24.3 Å². The van der Waals surface area contributed by atoms with Crippen LogP contribution in [0.2, 0.25) is 4.34 Å². The number of furan rings is 1. The number of hydrogen-bond acceptors (Lipinski definition) is 6. The maximum Gasteiger partial charge on any atom is 0.313 e. The molecule has 0 bridgehead atoms. The summed E-state index contributed by atoms with van der Waals surface area (Å²) in [6, 6.07) is 7.28. The summed E-state index contributed by atoms with van der Waals surface area (Å²) >= 11 is 8.38. The number of nitrogens with zero attached hydrogens (tertiary/aromatic N) is 2. The van der Waals surface area contributed by atoms with Gasteiger partial charge in [-0.25, -0.2) is 0 Å². The third kappa shape index (κ3) is 3.29. The number of aromatic amines is 1. The predicted octanol–water partition coefficient (Wildman–Crippen LogP) is 3.62. The quantitative estimate of drug-likeness (QED) is 0.688. The van der Waals surface area contributed by atoms with Gasteiger partial charge in [0.15, 0.2) is 16.7 Å². The highest BCUT2D eigenvalue weighted by Crippen LogP contribution is 2.34. The van der Waals surface area contributed by atoms with Gasteiger partial charge in [-0.2, -0.15) is 0 Å². The van der Waals surface area contributed by atoms with Crippen LogP contribution in [0.25, 0.3) is 22.2 Å². The van der Waals surface area contributed by atoms with Crippen LogP contribution in [0, 0.1) is 0 Å². The van der Waals surface area contributed by atoms with Gasteiger partial charge in [-0.1, -0.05) is 23.4 Å². The second kappa shape index (κ2) is 5.92.